The number of hydrogen-bond acceptors (Lipinski definition) is 5. The molecule has 2 heterocycles. The van der Waals surface area contributed by atoms with E-state index in [4.69, 9.17) is 14.2 Å². The van der Waals surface area contributed by atoms with E-state index in [1.54, 1.807) is 55.0 Å². The molecule has 0 radical (unpaired) electrons. The Bertz CT molecular complexity index is 1320. The lowest BCUT2D eigenvalue weighted by Gasteiger charge is -2.14. The maximum Gasteiger partial charge on any atom is 0.414 e. The molecule has 8 heteroatoms. The first-order valence-electron chi connectivity index (χ1n) is 10.4. The molecule has 2 aromatic carbocycles. The van der Waals surface area contributed by atoms with Crippen molar-refractivity contribution in [3.63, 3.8) is 0 Å². The van der Waals surface area contributed by atoms with Gasteiger partial charge in [0, 0.05) is 32.4 Å². The highest BCUT2D eigenvalue weighted by Crippen LogP contribution is 2.38. The summed E-state index contributed by atoms with van der Waals surface area (Å²) in [6.07, 6.45) is 1.21. The number of pyridine rings is 1. The van der Waals surface area contributed by atoms with Crippen LogP contribution in [0.25, 0.3) is 16.4 Å². The molecule has 4 aromatic rings. The van der Waals surface area contributed by atoms with Gasteiger partial charge in [0.25, 0.3) is 0 Å². The van der Waals surface area contributed by atoms with Crippen molar-refractivity contribution in [2.75, 3.05) is 20.7 Å². The van der Waals surface area contributed by atoms with Crippen LogP contribution in [0.2, 0.25) is 0 Å². The molecule has 0 atom stereocenters. The minimum Gasteiger partial charge on any atom is -0.494 e. The minimum atomic E-state index is -1.07. The molecule has 0 aliphatic rings. The Hall–Kier alpha value is -4.20. The molecule has 0 aliphatic heterocycles. The maximum atomic E-state index is 12.2. The van der Waals surface area contributed by atoms with Gasteiger partial charge in [-0.05, 0) is 36.8 Å². The van der Waals surface area contributed by atoms with Gasteiger partial charge in [-0.25, -0.2) is 9.59 Å². The summed E-state index contributed by atoms with van der Waals surface area (Å²) in [6.45, 7) is 2.69. The highest BCUT2D eigenvalue weighted by Gasteiger charge is 2.23. The predicted molar refractivity (Wildman–Crippen MR) is 124 cm³/mol. The van der Waals surface area contributed by atoms with Gasteiger partial charge < -0.3 is 28.6 Å². The third-order valence-corrected chi connectivity index (χ3v) is 5.09. The number of carbonyl (C=O) groups excluding carboxylic acids is 1. The van der Waals surface area contributed by atoms with Crippen molar-refractivity contribution in [2.45, 2.75) is 13.5 Å². The zero-order valence-corrected chi connectivity index (χ0v) is 18.6. The van der Waals surface area contributed by atoms with Crippen molar-refractivity contribution in [3.05, 3.63) is 71.9 Å². The first-order chi connectivity index (χ1) is 15.9. The first-order valence-corrected chi connectivity index (χ1v) is 10.4. The Morgan fingerprint density at radius 1 is 0.970 bits per heavy atom. The van der Waals surface area contributed by atoms with Crippen molar-refractivity contribution in [1.82, 2.24) is 9.30 Å². The molecule has 0 spiro atoms. The highest BCUT2D eigenvalue weighted by molar-refractivity contribution is 6.13. The molecule has 0 saturated carbocycles. The number of hydrogen-bond donors (Lipinski definition) is 1. The Kier molecular flexibility index (Phi) is 6.08. The summed E-state index contributed by atoms with van der Waals surface area (Å²) in [5, 5.41) is 10.4. The van der Waals surface area contributed by atoms with Gasteiger partial charge >= 0.3 is 12.1 Å². The standard InChI is InChI=1S/C25H24N2O6/c1-4-31-17-10-8-16(9-11-17)15-32-21-14-18(33-25(30)26(2)3)13-20-22(21)23(24(28)29)19-7-5-6-12-27(19)20/h5-14H,4,15H2,1-3H3,(H,28,29). The van der Waals surface area contributed by atoms with Crippen LogP contribution in [0.15, 0.2) is 60.8 Å². The number of amides is 1. The van der Waals surface area contributed by atoms with Crippen molar-refractivity contribution in [2.24, 2.45) is 0 Å². The number of carboxylic acid groups (broad SMARTS) is 1. The van der Waals surface area contributed by atoms with Gasteiger partial charge in [-0.1, -0.05) is 18.2 Å². The van der Waals surface area contributed by atoms with E-state index < -0.39 is 12.1 Å². The molecule has 0 aliphatic carbocycles. The number of aromatic carboxylic acids is 1. The topological polar surface area (TPSA) is 89.7 Å². The van der Waals surface area contributed by atoms with E-state index in [1.165, 1.54) is 4.90 Å². The third-order valence-electron chi connectivity index (χ3n) is 5.09. The molecule has 0 fully saturated rings. The largest absolute Gasteiger partial charge is 0.494 e. The quantitative estimate of drug-likeness (QED) is 0.436. The highest BCUT2D eigenvalue weighted by atomic mass is 16.6. The lowest BCUT2D eigenvalue weighted by Crippen LogP contribution is -2.25. The van der Waals surface area contributed by atoms with Crippen LogP contribution in [0.4, 0.5) is 4.79 Å². The molecule has 1 N–H and O–H groups in total. The summed E-state index contributed by atoms with van der Waals surface area (Å²) in [4.78, 5) is 25.7. The van der Waals surface area contributed by atoms with Gasteiger partial charge in [-0.15, -0.1) is 0 Å². The summed E-state index contributed by atoms with van der Waals surface area (Å²) in [5.41, 5.74) is 2.08. The van der Waals surface area contributed by atoms with Gasteiger partial charge in [0.15, 0.2) is 0 Å². The fourth-order valence-electron chi connectivity index (χ4n) is 3.59. The maximum absolute atomic E-state index is 12.2. The number of ether oxygens (including phenoxy) is 3. The third kappa shape index (κ3) is 4.41. The second-order valence-corrected chi connectivity index (χ2v) is 7.58. The Balaban J connectivity index is 1.81. The fourth-order valence-corrected chi connectivity index (χ4v) is 3.59. The zero-order chi connectivity index (χ0) is 23.5. The Morgan fingerprint density at radius 2 is 1.73 bits per heavy atom. The van der Waals surface area contributed by atoms with Crippen LogP contribution >= 0.6 is 0 Å². The number of aromatic nitrogens is 1. The summed E-state index contributed by atoms with van der Waals surface area (Å²) in [5.74, 6) is 0.248. The summed E-state index contributed by atoms with van der Waals surface area (Å²) in [6, 6.07) is 15.9. The molecular weight excluding hydrogens is 424 g/mol. The van der Waals surface area contributed by atoms with Crippen LogP contribution in [0, 0.1) is 0 Å². The van der Waals surface area contributed by atoms with E-state index in [2.05, 4.69) is 0 Å². The van der Waals surface area contributed by atoms with E-state index in [9.17, 15) is 14.7 Å². The molecule has 0 saturated heterocycles. The van der Waals surface area contributed by atoms with E-state index in [-0.39, 0.29) is 17.9 Å². The number of fused-ring (bicyclic) bond motifs is 3. The van der Waals surface area contributed by atoms with Gasteiger partial charge in [0.1, 0.15) is 23.9 Å². The molecule has 4 rings (SSSR count). The number of carboxylic acids is 1. The van der Waals surface area contributed by atoms with E-state index >= 15 is 0 Å². The normalized spacial score (nSPS) is 10.9. The van der Waals surface area contributed by atoms with Crippen molar-refractivity contribution in [1.29, 1.82) is 0 Å². The number of rotatable bonds is 7. The van der Waals surface area contributed by atoms with Crippen LogP contribution in [-0.2, 0) is 6.61 Å². The van der Waals surface area contributed by atoms with E-state index in [1.807, 2.05) is 31.2 Å². The molecule has 2 aromatic heterocycles. The van der Waals surface area contributed by atoms with Gasteiger partial charge in [-0.3, -0.25) is 0 Å². The Labute approximate surface area is 190 Å². The molecular formula is C25H24N2O6. The number of carbonyl (C=O) groups is 2. The average Bonchev–Trinajstić information content (AvgIpc) is 3.13. The second-order valence-electron chi connectivity index (χ2n) is 7.58. The first kappa shape index (κ1) is 22.0. The SMILES string of the molecule is CCOc1ccc(COc2cc(OC(=O)N(C)C)cc3c2c(C(=O)O)c2ccccn23)cc1. The summed E-state index contributed by atoms with van der Waals surface area (Å²) >= 11 is 0. The van der Waals surface area contributed by atoms with Crippen LogP contribution in [0.3, 0.4) is 0 Å². The van der Waals surface area contributed by atoms with Crippen LogP contribution in [-0.4, -0.2) is 47.2 Å². The molecule has 33 heavy (non-hydrogen) atoms. The molecule has 8 nitrogen and oxygen atoms in total. The van der Waals surface area contributed by atoms with E-state index in [0.29, 0.717) is 28.8 Å². The minimum absolute atomic E-state index is 0.123. The van der Waals surface area contributed by atoms with E-state index in [0.717, 1.165) is 11.3 Å². The Morgan fingerprint density at radius 3 is 2.39 bits per heavy atom. The number of benzene rings is 2. The predicted octanol–water partition coefficient (Wildman–Crippen LogP) is 4.83. The monoisotopic (exact) mass is 448 g/mol. The van der Waals surface area contributed by atoms with Crippen molar-refractivity contribution < 1.29 is 28.9 Å². The van der Waals surface area contributed by atoms with Gasteiger partial charge in [0.2, 0.25) is 0 Å². The van der Waals surface area contributed by atoms with Crippen LogP contribution in [0.1, 0.15) is 22.8 Å². The fraction of sp³-hybridized carbons (Fsp3) is 0.200. The van der Waals surface area contributed by atoms with Gasteiger partial charge in [0.05, 0.1) is 28.6 Å². The van der Waals surface area contributed by atoms with Crippen LogP contribution in [0.5, 0.6) is 17.2 Å². The molecule has 1 amide bonds. The average molecular weight is 448 g/mol. The molecule has 170 valence electrons. The smallest absolute Gasteiger partial charge is 0.414 e. The van der Waals surface area contributed by atoms with Gasteiger partial charge in [-0.2, -0.15) is 0 Å². The lowest BCUT2D eigenvalue weighted by molar-refractivity contribution is 0.0700. The second kappa shape index (κ2) is 9.12. The zero-order valence-electron chi connectivity index (χ0n) is 18.6. The summed E-state index contributed by atoms with van der Waals surface area (Å²) < 4.78 is 18.8. The lowest BCUT2D eigenvalue weighted by atomic mass is 10.1. The molecule has 0 bridgehead atoms. The van der Waals surface area contributed by atoms with Crippen LogP contribution < -0.4 is 14.2 Å². The van der Waals surface area contributed by atoms with Crippen molar-refractivity contribution in [3.8, 4) is 17.2 Å². The summed E-state index contributed by atoms with van der Waals surface area (Å²) in [7, 11) is 3.17. The number of nitrogens with zero attached hydrogens (tertiary/aromatic N) is 2. The van der Waals surface area contributed by atoms with Crippen molar-refractivity contribution >= 4 is 28.5 Å². The molecule has 0 unspecified atom stereocenters.